The van der Waals surface area contributed by atoms with Crippen LogP contribution < -0.4 is 5.73 Å². The van der Waals surface area contributed by atoms with Gasteiger partial charge in [-0.05, 0) is 59.7 Å². The highest BCUT2D eigenvalue weighted by Gasteiger charge is 2.52. The Morgan fingerprint density at radius 2 is 1.80 bits per heavy atom. The number of nitrogens with two attached hydrogens (primary N) is 1. The first kappa shape index (κ1) is 24.9. The number of aliphatic carboxylic acids is 1. The molecule has 2 aliphatic rings. The van der Waals surface area contributed by atoms with Crippen molar-refractivity contribution in [2.24, 2.45) is 5.73 Å². The van der Waals surface area contributed by atoms with E-state index < -0.39 is 17.6 Å². The van der Waals surface area contributed by atoms with Crippen LogP contribution in [0.15, 0.2) is 0 Å². The zero-order valence-corrected chi connectivity index (χ0v) is 19.2. The monoisotopic (exact) mass is 426 g/mol. The van der Waals surface area contributed by atoms with Crippen LogP contribution in [0.5, 0.6) is 0 Å². The van der Waals surface area contributed by atoms with E-state index in [4.69, 9.17) is 19.8 Å². The van der Waals surface area contributed by atoms with Gasteiger partial charge in [0.1, 0.15) is 5.54 Å². The first-order valence-corrected chi connectivity index (χ1v) is 11.2. The minimum Gasteiger partial charge on any atom is -0.479 e. The molecule has 0 aromatic rings. The van der Waals surface area contributed by atoms with E-state index in [-0.39, 0.29) is 30.8 Å². The third-order valence-electron chi connectivity index (χ3n) is 6.76. The van der Waals surface area contributed by atoms with Crippen LogP contribution in [0, 0.1) is 0 Å². The fourth-order valence-electron chi connectivity index (χ4n) is 4.16. The Morgan fingerprint density at radius 1 is 1.17 bits per heavy atom. The van der Waals surface area contributed by atoms with Crippen molar-refractivity contribution in [3.63, 3.8) is 0 Å². The third kappa shape index (κ3) is 5.48. The van der Waals surface area contributed by atoms with E-state index in [1.807, 2.05) is 34.6 Å². The van der Waals surface area contributed by atoms with Gasteiger partial charge in [0, 0.05) is 12.6 Å². The predicted octanol–water partition coefficient (Wildman–Crippen LogP) is 3.43. The average molecular weight is 426 g/mol. The molecule has 2 atom stereocenters. The summed E-state index contributed by atoms with van der Waals surface area (Å²) in [7, 11) is -0.306. The van der Waals surface area contributed by atoms with E-state index in [1.165, 1.54) is 4.90 Å². The first-order valence-electron chi connectivity index (χ1n) is 11.2. The molecule has 0 aromatic carbocycles. The van der Waals surface area contributed by atoms with Gasteiger partial charge in [-0.3, -0.25) is 4.90 Å². The molecular formula is C21H39BN2O6. The molecular weight excluding hydrogens is 387 g/mol. The normalized spacial score (nSPS) is 27.9. The Morgan fingerprint density at radius 3 is 2.37 bits per heavy atom. The summed E-state index contributed by atoms with van der Waals surface area (Å²) in [5.74, 6) is -1.01. The lowest BCUT2D eigenvalue weighted by atomic mass is 9.77. The Kier molecular flexibility index (Phi) is 8.21. The standard InChI is InChI=1S/C21H39BN2O6/c1-6-7-14-28-18(27)24-13-10-16(23)15-21(24,17(25)26)11-8-9-12-22-29-19(2,3)20(4,5)30-22/h16H,6-15,23H2,1-5H3,(H,25,26)/t16-,21+/m0/s1. The van der Waals surface area contributed by atoms with E-state index in [2.05, 4.69) is 0 Å². The Hall–Kier alpha value is -1.32. The predicted molar refractivity (Wildman–Crippen MR) is 115 cm³/mol. The summed E-state index contributed by atoms with van der Waals surface area (Å²) < 4.78 is 17.4. The summed E-state index contributed by atoms with van der Waals surface area (Å²) in [6.07, 6.45) is 4.29. The van der Waals surface area contributed by atoms with Gasteiger partial charge >= 0.3 is 19.2 Å². The van der Waals surface area contributed by atoms with Gasteiger partial charge in [-0.25, -0.2) is 9.59 Å². The number of piperidine rings is 1. The van der Waals surface area contributed by atoms with Crippen molar-refractivity contribution < 1.29 is 28.7 Å². The van der Waals surface area contributed by atoms with Crippen molar-refractivity contribution in [3.8, 4) is 0 Å². The van der Waals surface area contributed by atoms with Crippen LogP contribution in [-0.4, -0.2) is 65.1 Å². The SMILES string of the molecule is CCCCOC(=O)N1CC[C@H](N)C[C@]1(CCCCB1OC(C)(C)C(C)(C)O1)C(=O)O. The molecule has 0 saturated carbocycles. The third-order valence-corrected chi connectivity index (χ3v) is 6.76. The van der Waals surface area contributed by atoms with Gasteiger partial charge in [0.05, 0.1) is 17.8 Å². The summed E-state index contributed by atoms with van der Waals surface area (Å²) in [5, 5.41) is 10.1. The Bertz CT molecular complexity index is 598. The molecule has 9 heteroatoms. The van der Waals surface area contributed by atoms with Gasteiger partial charge in [0.15, 0.2) is 0 Å². The number of unbranched alkanes of at least 4 members (excludes halogenated alkanes) is 2. The lowest BCUT2D eigenvalue weighted by Gasteiger charge is -2.45. The van der Waals surface area contributed by atoms with Gasteiger partial charge in [-0.15, -0.1) is 0 Å². The van der Waals surface area contributed by atoms with E-state index >= 15 is 0 Å². The van der Waals surface area contributed by atoms with E-state index in [0.29, 0.717) is 38.7 Å². The number of carboxylic acid groups (broad SMARTS) is 1. The van der Waals surface area contributed by atoms with E-state index in [0.717, 1.165) is 19.3 Å². The molecule has 0 spiro atoms. The molecule has 2 rings (SSSR count). The van der Waals surface area contributed by atoms with Crippen molar-refractivity contribution in [3.05, 3.63) is 0 Å². The number of carbonyl (C=O) groups excluding carboxylic acids is 1. The fourth-order valence-corrected chi connectivity index (χ4v) is 4.16. The summed E-state index contributed by atoms with van der Waals surface area (Å²) in [6.45, 7) is 10.7. The molecule has 0 unspecified atom stereocenters. The number of carbonyl (C=O) groups is 2. The number of nitrogens with zero attached hydrogens (tertiary/aromatic N) is 1. The second-order valence-corrected chi connectivity index (χ2v) is 9.64. The maximum Gasteiger partial charge on any atom is 0.457 e. The summed E-state index contributed by atoms with van der Waals surface area (Å²) in [4.78, 5) is 26.4. The van der Waals surface area contributed by atoms with Crippen LogP contribution in [0.3, 0.4) is 0 Å². The largest absolute Gasteiger partial charge is 0.479 e. The molecule has 2 aliphatic heterocycles. The second kappa shape index (κ2) is 9.87. The Balaban J connectivity index is 1.98. The molecule has 2 fully saturated rings. The number of carboxylic acids is 1. The maximum absolute atomic E-state index is 12.6. The molecule has 2 heterocycles. The Labute approximate surface area is 180 Å². The van der Waals surface area contributed by atoms with Gasteiger partial charge in [0.2, 0.25) is 0 Å². The molecule has 172 valence electrons. The van der Waals surface area contributed by atoms with Crippen molar-refractivity contribution in [1.29, 1.82) is 0 Å². The van der Waals surface area contributed by atoms with Crippen LogP contribution in [0.2, 0.25) is 6.32 Å². The van der Waals surface area contributed by atoms with Crippen LogP contribution >= 0.6 is 0 Å². The van der Waals surface area contributed by atoms with Gasteiger partial charge in [-0.1, -0.05) is 26.2 Å². The number of hydrogen-bond donors (Lipinski definition) is 2. The number of likely N-dealkylation sites (tertiary alicyclic amines) is 1. The lowest BCUT2D eigenvalue weighted by molar-refractivity contribution is -0.154. The number of ether oxygens (including phenoxy) is 1. The highest BCUT2D eigenvalue weighted by Crippen LogP contribution is 2.39. The van der Waals surface area contributed by atoms with Crippen LogP contribution in [0.1, 0.15) is 79.6 Å². The van der Waals surface area contributed by atoms with E-state index in [9.17, 15) is 14.7 Å². The van der Waals surface area contributed by atoms with Gasteiger partial charge in [0.25, 0.3) is 0 Å². The number of amides is 1. The van der Waals surface area contributed by atoms with Crippen LogP contribution in [0.4, 0.5) is 4.79 Å². The smallest absolute Gasteiger partial charge is 0.457 e. The van der Waals surface area contributed by atoms with Crippen molar-refractivity contribution >= 4 is 19.2 Å². The zero-order chi connectivity index (χ0) is 22.6. The highest BCUT2D eigenvalue weighted by molar-refractivity contribution is 6.45. The minimum absolute atomic E-state index is 0.238. The molecule has 1 amide bonds. The van der Waals surface area contributed by atoms with Crippen LogP contribution in [0.25, 0.3) is 0 Å². The van der Waals surface area contributed by atoms with Gasteiger partial charge < -0.3 is 24.9 Å². The minimum atomic E-state index is -1.32. The fraction of sp³-hybridized carbons (Fsp3) is 0.905. The first-order chi connectivity index (χ1) is 13.9. The molecule has 3 N–H and O–H groups in total. The second-order valence-electron chi connectivity index (χ2n) is 9.64. The molecule has 8 nitrogen and oxygen atoms in total. The zero-order valence-electron chi connectivity index (χ0n) is 19.2. The van der Waals surface area contributed by atoms with Gasteiger partial charge in [-0.2, -0.15) is 0 Å². The summed E-state index contributed by atoms with van der Waals surface area (Å²) >= 11 is 0. The van der Waals surface area contributed by atoms with Crippen molar-refractivity contribution in [2.45, 2.75) is 109 Å². The molecule has 0 bridgehead atoms. The molecule has 0 aromatic heterocycles. The topological polar surface area (TPSA) is 111 Å². The lowest BCUT2D eigenvalue weighted by Crippen LogP contribution is -2.63. The summed E-state index contributed by atoms with van der Waals surface area (Å²) in [6, 6.07) is -0.246. The van der Waals surface area contributed by atoms with Crippen LogP contribution in [-0.2, 0) is 18.8 Å². The average Bonchev–Trinajstić information content (AvgIpc) is 2.85. The molecule has 30 heavy (non-hydrogen) atoms. The molecule has 0 radical (unpaired) electrons. The van der Waals surface area contributed by atoms with Crippen molar-refractivity contribution in [2.75, 3.05) is 13.2 Å². The van der Waals surface area contributed by atoms with E-state index in [1.54, 1.807) is 0 Å². The van der Waals surface area contributed by atoms with Crippen molar-refractivity contribution in [1.82, 2.24) is 4.90 Å². The number of hydrogen-bond acceptors (Lipinski definition) is 6. The highest BCUT2D eigenvalue weighted by atomic mass is 16.7. The summed E-state index contributed by atoms with van der Waals surface area (Å²) in [5.41, 5.74) is 4.03. The molecule has 0 aliphatic carbocycles. The number of rotatable bonds is 9. The molecule has 2 saturated heterocycles. The maximum atomic E-state index is 12.6. The quantitative estimate of drug-likeness (QED) is 0.429.